The summed E-state index contributed by atoms with van der Waals surface area (Å²) in [6, 6.07) is 17.7. The van der Waals surface area contributed by atoms with E-state index in [1.165, 1.54) is 18.3 Å². The number of carbonyl (C=O) groups excluding carboxylic acids is 2. The predicted molar refractivity (Wildman–Crippen MR) is 148 cm³/mol. The number of benzene rings is 3. The number of carbonyl (C=O) groups is 2. The van der Waals surface area contributed by atoms with Crippen molar-refractivity contribution in [3.05, 3.63) is 99.1 Å². The fraction of sp³-hybridized carbons (Fsp3) is 0.276. The summed E-state index contributed by atoms with van der Waals surface area (Å²) in [5, 5.41) is 17.7. The molecule has 0 saturated heterocycles. The Morgan fingerprint density at radius 1 is 1.00 bits per heavy atom. The highest BCUT2D eigenvalue weighted by Gasteiger charge is 2.24. The first-order chi connectivity index (χ1) is 18.7. The molecule has 0 saturated carbocycles. The van der Waals surface area contributed by atoms with Crippen LogP contribution in [0.2, 0.25) is 0 Å². The van der Waals surface area contributed by atoms with Gasteiger partial charge in [-0.15, -0.1) is 0 Å². The van der Waals surface area contributed by atoms with Gasteiger partial charge < -0.3 is 14.8 Å². The Balaban J connectivity index is 1.62. The van der Waals surface area contributed by atoms with E-state index in [0.717, 1.165) is 11.1 Å². The normalized spacial score (nSPS) is 11.7. The quantitative estimate of drug-likeness (QED) is 0.196. The molecular weight excluding hydrogens is 500 g/mol. The van der Waals surface area contributed by atoms with E-state index in [4.69, 9.17) is 9.47 Å². The van der Waals surface area contributed by atoms with Crippen LogP contribution in [0.1, 0.15) is 47.8 Å². The number of rotatable bonds is 12. The molecule has 0 aliphatic heterocycles. The highest BCUT2D eigenvalue weighted by molar-refractivity contribution is 5.97. The largest absolute Gasteiger partial charge is 0.490 e. The minimum absolute atomic E-state index is 0.0119. The van der Waals surface area contributed by atoms with Gasteiger partial charge in [0.05, 0.1) is 17.7 Å². The number of hydrogen-bond donors (Lipinski definition) is 2. The fourth-order valence-electron chi connectivity index (χ4n) is 3.57. The first kappa shape index (κ1) is 28.8. The van der Waals surface area contributed by atoms with Gasteiger partial charge in [-0.1, -0.05) is 31.5 Å². The maximum Gasteiger partial charge on any atom is 0.269 e. The molecule has 0 aromatic heterocycles. The van der Waals surface area contributed by atoms with Crippen molar-refractivity contribution in [2.24, 2.45) is 11.0 Å². The zero-order valence-corrected chi connectivity index (χ0v) is 22.3. The van der Waals surface area contributed by atoms with Crippen molar-refractivity contribution in [1.82, 2.24) is 10.7 Å². The summed E-state index contributed by atoms with van der Waals surface area (Å²) in [6.45, 7) is 8.07. The third kappa shape index (κ3) is 8.39. The second-order valence-electron chi connectivity index (χ2n) is 9.15. The van der Waals surface area contributed by atoms with Crippen molar-refractivity contribution in [3.8, 4) is 11.5 Å². The van der Waals surface area contributed by atoms with Crippen molar-refractivity contribution in [2.45, 2.75) is 40.3 Å². The maximum absolute atomic E-state index is 12.8. The number of nitro benzene ring substituents is 1. The minimum Gasteiger partial charge on any atom is -0.490 e. The molecule has 39 heavy (non-hydrogen) atoms. The van der Waals surface area contributed by atoms with Gasteiger partial charge in [-0.25, -0.2) is 5.43 Å². The molecular formula is C29H32N4O6. The number of nitro groups is 1. The summed E-state index contributed by atoms with van der Waals surface area (Å²) in [5.41, 5.74) is 5.45. The number of hydrazone groups is 1. The lowest BCUT2D eigenvalue weighted by Gasteiger charge is -2.20. The molecule has 3 aromatic rings. The van der Waals surface area contributed by atoms with Crippen LogP contribution in [-0.2, 0) is 11.4 Å². The van der Waals surface area contributed by atoms with Crippen molar-refractivity contribution in [3.63, 3.8) is 0 Å². The predicted octanol–water partition coefficient (Wildman–Crippen LogP) is 4.79. The van der Waals surface area contributed by atoms with E-state index in [1.807, 2.05) is 39.8 Å². The molecule has 0 bridgehead atoms. The van der Waals surface area contributed by atoms with Crippen LogP contribution in [0, 0.1) is 23.0 Å². The summed E-state index contributed by atoms with van der Waals surface area (Å²) in [5.74, 6) is 0.0508. The lowest BCUT2D eigenvalue weighted by atomic mass is 10.0. The second-order valence-corrected chi connectivity index (χ2v) is 9.15. The maximum atomic E-state index is 12.8. The summed E-state index contributed by atoms with van der Waals surface area (Å²) < 4.78 is 11.6. The highest BCUT2D eigenvalue weighted by atomic mass is 16.6. The summed E-state index contributed by atoms with van der Waals surface area (Å²) >= 11 is 0. The average molecular weight is 533 g/mol. The molecule has 0 fully saturated rings. The highest BCUT2D eigenvalue weighted by Crippen LogP contribution is 2.29. The minimum atomic E-state index is -0.773. The molecule has 204 valence electrons. The Labute approximate surface area is 227 Å². The van der Waals surface area contributed by atoms with Gasteiger partial charge in [-0.2, -0.15) is 5.10 Å². The van der Waals surface area contributed by atoms with Crippen LogP contribution in [-0.4, -0.2) is 35.6 Å². The van der Waals surface area contributed by atoms with Crippen molar-refractivity contribution in [2.75, 3.05) is 6.61 Å². The van der Waals surface area contributed by atoms with Crippen molar-refractivity contribution < 1.29 is 24.0 Å². The van der Waals surface area contributed by atoms with Gasteiger partial charge in [0, 0.05) is 17.7 Å². The standard InChI is InChI=1S/C29H32N4O6/c1-5-38-26-16-22(10-15-25(26)39-18-21-8-13-24(14-9-21)33(36)37)17-30-32-29(35)27(19(2)3)31-28(34)23-11-6-20(4)7-12-23/h6-17,19,27H,5,18H2,1-4H3,(H,31,34)(H,32,35). The topological polar surface area (TPSA) is 132 Å². The monoisotopic (exact) mass is 532 g/mol. The van der Waals surface area contributed by atoms with Crippen LogP contribution >= 0.6 is 0 Å². The molecule has 10 heteroatoms. The van der Waals surface area contributed by atoms with E-state index in [2.05, 4.69) is 15.8 Å². The van der Waals surface area contributed by atoms with Crippen LogP contribution in [0.5, 0.6) is 11.5 Å². The van der Waals surface area contributed by atoms with Gasteiger partial charge in [0.1, 0.15) is 12.6 Å². The number of amides is 2. The lowest BCUT2D eigenvalue weighted by Crippen LogP contribution is -2.48. The Kier molecular flexibility index (Phi) is 10.1. The van der Waals surface area contributed by atoms with E-state index < -0.39 is 16.9 Å². The van der Waals surface area contributed by atoms with Crippen LogP contribution in [0.4, 0.5) is 5.69 Å². The summed E-state index contributed by atoms with van der Waals surface area (Å²) in [4.78, 5) is 35.8. The average Bonchev–Trinajstić information content (AvgIpc) is 2.91. The molecule has 2 amide bonds. The van der Waals surface area contributed by atoms with Gasteiger partial charge in [0.25, 0.3) is 17.5 Å². The van der Waals surface area contributed by atoms with Crippen LogP contribution in [0.25, 0.3) is 0 Å². The van der Waals surface area contributed by atoms with E-state index >= 15 is 0 Å². The molecule has 0 heterocycles. The first-order valence-electron chi connectivity index (χ1n) is 12.5. The Morgan fingerprint density at radius 2 is 1.69 bits per heavy atom. The van der Waals surface area contributed by atoms with Crippen LogP contribution < -0.4 is 20.2 Å². The van der Waals surface area contributed by atoms with Gasteiger partial charge in [0.2, 0.25) is 0 Å². The number of nitrogens with one attached hydrogen (secondary N) is 2. The Hall–Kier alpha value is -4.73. The fourth-order valence-corrected chi connectivity index (χ4v) is 3.57. The van der Waals surface area contributed by atoms with E-state index in [0.29, 0.717) is 29.2 Å². The van der Waals surface area contributed by atoms with Crippen molar-refractivity contribution in [1.29, 1.82) is 0 Å². The molecule has 10 nitrogen and oxygen atoms in total. The molecule has 2 N–H and O–H groups in total. The molecule has 1 unspecified atom stereocenters. The number of hydrogen-bond acceptors (Lipinski definition) is 7. The SMILES string of the molecule is CCOc1cc(C=NNC(=O)C(NC(=O)c2ccc(C)cc2)C(C)C)ccc1OCc1ccc([N+](=O)[O-])cc1. The van der Waals surface area contributed by atoms with Crippen LogP contribution in [0.15, 0.2) is 71.8 Å². The third-order valence-corrected chi connectivity index (χ3v) is 5.75. The first-order valence-corrected chi connectivity index (χ1v) is 12.5. The zero-order valence-electron chi connectivity index (χ0n) is 22.3. The van der Waals surface area contributed by atoms with Crippen molar-refractivity contribution >= 4 is 23.7 Å². The number of non-ortho nitro benzene ring substituents is 1. The smallest absolute Gasteiger partial charge is 0.269 e. The summed E-state index contributed by atoms with van der Waals surface area (Å²) in [6.07, 6.45) is 1.47. The van der Waals surface area contributed by atoms with Gasteiger partial charge in [0.15, 0.2) is 11.5 Å². The van der Waals surface area contributed by atoms with E-state index in [9.17, 15) is 19.7 Å². The molecule has 1 atom stereocenters. The Morgan fingerprint density at radius 3 is 2.31 bits per heavy atom. The molecule has 3 rings (SSSR count). The van der Waals surface area contributed by atoms with Gasteiger partial charge in [-0.3, -0.25) is 19.7 Å². The molecule has 0 aliphatic rings. The molecule has 0 aliphatic carbocycles. The Bertz CT molecular complexity index is 1320. The molecule has 3 aromatic carbocycles. The lowest BCUT2D eigenvalue weighted by molar-refractivity contribution is -0.384. The van der Waals surface area contributed by atoms with Crippen LogP contribution in [0.3, 0.4) is 0 Å². The second kappa shape index (κ2) is 13.7. The number of aryl methyl sites for hydroxylation is 1. The van der Waals surface area contributed by atoms with Gasteiger partial charge in [-0.05, 0) is 73.4 Å². The third-order valence-electron chi connectivity index (χ3n) is 5.75. The summed E-state index contributed by atoms with van der Waals surface area (Å²) in [7, 11) is 0. The number of ether oxygens (including phenoxy) is 2. The molecule has 0 spiro atoms. The zero-order chi connectivity index (χ0) is 28.4. The van der Waals surface area contributed by atoms with E-state index in [1.54, 1.807) is 42.5 Å². The van der Waals surface area contributed by atoms with Gasteiger partial charge >= 0.3 is 0 Å². The van der Waals surface area contributed by atoms with E-state index in [-0.39, 0.29) is 24.1 Å². The molecule has 0 radical (unpaired) electrons. The number of nitrogens with zero attached hydrogens (tertiary/aromatic N) is 2.